The minimum atomic E-state index is -0.820. The fraction of sp³-hybridized carbons (Fsp3) is 0.0870. The maximum Gasteiger partial charge on any atom is 0.150 e. The molecule has 3 nitrogen and oxygen atoms in total. The second kappa shape index (κ2) is 8.07. The molecular weight excluding hydrogens is 430 g/mol. The highest BCUT2D eigenvalue weighted by atomic mass is 35.5. The van der Waals surface area contributed by atoms with Gasteiger partial charge in [0, 0.05) is 23.9 Å². The molecule has 158 valence electrons. The van der Waals surface area contributed by atoms with Crippen molar-refractivity contribution in [2.75, 3.05) is 4.90 Å². The molecule has 0 unspecified atom stereocenters. The number of benzene rings is 3. The molecule has 0 aliphatic carbocycles. The molecule has 0 saturated heterocycles. The van der Waals surface area contributed by atoms with Crippen LogP contribution >= 0.6 is 11.6 Å². The maximum atomic E-state index is 14.9. The summed E-state index contributed by atoms with van der Waals surface area (Å²) < 4.78 is 58.5. The van der Waals surface area contributed by atoms with Crippen LogP contribution in [0.15, 0.2) is 60.7 Å². The number of aromatic nitrogens is 2. The summed E-state index contributed by atoms with van der Waals surface area (Å²) in [7, 11) is 1.61. The van der Waals surface area contributed by atoms with Crippen LogP contribution in [0.25, 0.3) is 11.1 Å². The number of para-hydroxylation sites is 1. The fourth-order valence-electron chi connectivity index (χ4n) is 3.56. The standard InChI is InChI=1S/C23H16ClF4N3/c1-13-21(17-11-8-15(26)12-18(17)24)23(30(2)29-13)31(16-9-6-14(25)7-10-16)22-19(27)4-3-5-20(22)28/h3-12H,1-2H3. The zero-order valence-corrected chi connectivity index (χ0v) is 17.3. The molecule has 0 atom stereocenters. The molecule has 31 heavy (non-hydrogen) atoms. The molecule has 4 aromatic rings. The Morgan fingerprint density at radius 1 is 0.871 bits per heavy atom. The van der Waals surface area contributed by atoms with E-state index in [2.05, 4.69) is 5.10 Å². The van der Waals surface area contributed by atoms with Gasteiger partial charge in [0.05, 0.1) is 10.7 Å². The largest absolute Gasteiger partial charge is 0.289 e. The maximum absolute atomic E-state index is 14.9. The highest BCUT2D eigenvalue weighted by Gasteiger charge is 2.28. The summed E-state index contributed by atoms with van der Waals surface area (Å²) in [4.78, 5) is 1.30. The number of anilines is 3. The zero-order valence-electron chi connectivity index (χ0n) is 16.5. The van der Waals surface area contributed by atoms with Crippen molar-refractivity contribution in [2.24, 2.45) is 7.05 Å². The second-order valence-corrected chi connectivity index (χ2v) is 7.32. The van der Waals surface area contributed by atoms with E-state index in [-0.39, 0.29) is 16.5 Å². The van der Waals surface area contributed by atoms with Crippen LogP contribution in [0.1, 0.15) is 5.69 Å². The Hall–Kier alpha value is -3.32. The third-order valence-corrected chi connectivity index (χ3v) is 5.16. The normalized spacial score (nSPS) is 11.1. The summed E-state index contributed by atoms with van der Waals surface area (Å²) in [6.45, 7) is 1.71. The Morgan fingerprint density at radius 3 is 2.10 bits per heavy atom. The Balaban J connectivity index is 2.07. The lowest BCUT2D eigenvalue weighted by Crippen LogP contribution is -2.17. The molecule has 0 spiro atoms. The molecule has 0 N–H and O–H groups in total. The number of rotatable bonds is 4. The van der Waals surface area contributed by atoms with Crippen LogP contribution in [-0.2, 0) is 7.05 Å². The van der Waals surface area contributed by atoms with E-state index in [9.17, 15) is 17.6 Å². The summed E-state index contributed by atoms with van der Waals surface area (Å²) in [6, 6.07) is 12.6. The van der Waals surface area contributed by atoms with Crippen LogP contribution in [0, 0.1) is 30.2 Å². The van der Waals surface area contributed by atoms with Gasteiger partial charge in [0.1, 0.15) is 34.8 Å². The van der Waals surface area contributed by atoms with E-state index in [0.29, 0.717) is 22.5 Å². The van der Waals surface area contributed by atoms with Crippen molar-refractivity contribution in [3.8, 4) is 11.1 Å². The van der Waals surface area contributed by atoms with Gasteiger partial charge in [-0.1, -0.05) is 17.7 Å². The van der Waals surface area contributed by atoms with E-state index in [4.69, 9.17) is 11.6 Å². The summed E-state index contributed by atoms with van der Waals surface area (Å²) in [5.74, 6) is -2.38. The van der Waals surface area contributed by atoms with Gasteiger partial charge >= 0.3 is 0 Å². The Labute approximate surface area is 181 Å². The first-order valence-electron chi connectivity index (χ1n) is 9.26. The molecule has 0 aliphatic heterocycles. The molecule has 0 fully saturated rings. The topological polar surface area (TPSA) is 21.1 Å². The molecule has 0 amide bonds. The van der Waals surface area contributed by atoms with Crippen LogP contribution in [0.5, 0.6) is 0 Å². The zero-order chi connectivity index (χ0) is 22.3. The molecule has 1 heterocycles. The van der Waals surface area contributed by atoms with E-state index < -0.39 is 23.3 Å². The van der Waals surface area contributed by atoms with Crippen molar-refractivity contribution >= 4 is 28.8 Å². The predicted molar refractivity (Wildman–Crippen MR) is 113 cm³/mol. The fourth-order valence-corrected chi connectivity index (χ4v) is 3.82. The Kier molecular flexibility index (Phi) is 5.45. The van der Waals surface area contributed by atoms with Gasteiger partial charge in [-0.15, -0.1) is 0 Å². The average molecular weight is 446 g/mol. The van der Waals surface area contributed by atoms with Gasteiger partial charge in [0.25, 0.3) is 0 Å². The molecule has 8 heteroatoms. The Morgan fingerprint density at radius 2 is 1.48 bits per heavy atom. The molecule has 0 saturated carbocycles. The van der Waals surface area contributed by atoms with Crippen molar-refractivity contribution in [1.29, 1.82) is 0 Å². The van der Waals surface area contributed by atoms with E-state index in [1.165, 1.54) is 52.0 Å². The van der Waals surface area contributed by atoms with Crippen LogP contribution in [-0.4, -0.2) is 9.78 Å². The number of hydrogen-bond acceptors (Lipinski definition) is 2. The summed E-state index contributed by atoms with van der Waals surface area (Å²) >= 11 is 6.30. The van der Waals surface area contributed by atoms with Crippen LogP contribution < -0.4 is 4.90 Å². The van der Waals surface area contributed by atoms with Crippen molar-refractivity contribution in [1.82, 2.24) is 9.78 Å². The van der Waals surface area contributed by atoms with Crippen molar-refractivity contribution < 1.29 is 17.6 Å². The molecule has 4 rings (SSSR count). The molecule has 0 radical (unpaired) electrons. The Bertz CT molecular complexity index is 1250. The first-order chi connectivity index (χ1) is 14.8. The lowest BCUT2D eigenvalue weighted by Gasteiger charge is -2.27. The van der Waals surface area contributed by atoms with Gasteiger partial charge in [-0.25, -0.2) is 17.6 Å². The van der Waals surface area contributed by atoms with Gasteiger partial charge in [0.15, 0.2) is 0 Å². The van der Waals surface area contributed by atoms with Crippen molar-refractivity contribution in [3.05, 3.63) is 94.6 Å². The first kappa shape index (κ1) is 20.9. The average Bonchev–Trinajstić information content (AvgIpc) is 2.99. The lowest BCUT2D eigenvalue weighted by atomic mass is 10.0. The summed E-state index contributed by atoms with van der Waals surface area (Å²) in [5.41, 5.74) is 1.34. The highest BCUT2D eigenvalue weighted by Crippen LogP contribution is 2.45. The summed E-state index contributed by atoms with van der Waals surface area (Å²) in [6.07, 6.45) is 0. The van der Waals surface area contributed by atoms with E-state index >= 15 is 0 Å². The second-order valence-electron chi connectivity index (χ2n) is 6.91. The van der Waals surface area contributed by atoms with Gasteiger partial charge in [0.2, 0.25) is 0 Å². The van der Waals surface area contributed by atoms with Crippen LogP contribution in [0.4, 0.5) is 34.8 Å². The molecule has 0 bridgehead atoms. The quantitative estimate of drug-likeness (QED) is 0.313. The van der Waals surface area contributed by atoms with Crippen LogP contribution in [0.2, 0.25) is 5.02 Å². The van der Waals surface area contributed by atoms with Gasteiger partial charge in [-0.05, 0) is 61.5 Å². The third kappa shape index (κ3) is 3.77. The van der Waals surface area contributed by atoms with Crippen LogP contribution in [0.3, 0.4) is 0 Å². The smallest absolute Gasteiger partial charge is 0.150 e. The number of nitrogens with zero attached hydrogens (tertiary/aromatic N) is 3. The van der Waals surface area contributed by atoms with Crippen molar-refractivity contribution in [3.63, 3.8) is 0 Å². The van der Waals surface area contributed by atoms with Gasteiger partial charge < -0.3 is 0 Å². The monoisotopic (exact) mass is 445 g/mol. The molecule has 3 aromatic carbocycles. The first-order valence-corrected chi connectivity index (χ1v) is 9.64. The van der Waals surface area contributed by atoms with E-state index in [1.807, 2.05) is 0 Å². The van der Waals surface area contributed by atoms with E-state index in [0.717, 1.165) is 18.2 Å². The molecule has 0 aliphatic rings. The minimum Gasteiger partial charge on any atom is -0.289 e. The molecular formula is C23H16ClF4N3. The third-order valence-electron chi connectivity index (χ3n) is 4.85. The molecule has 1 aromatic heterocycles. The SMILES string of the molecule is Cc1nn(C)c(N(c2ccc(F)cc2)c2c(F)cccc2F)c1-c1ccc(F)cc1Cl. The van der Waals surface area contributed by atoms with Gasteiger partial charge in [-0.3, -0.25) is 9.58 Å². The highest BCUT2D eigenvalue weighted by molar-refractivity contribution is 6.33. The lowest BCUT2D eigenvalue weighted by molar-refractivity contribution is 0.584. The number of hydrogen-bond donors (Lipinski definition) is 0. The number of halogens is 5. The van der Waals surface area contributed by atoms with Gasteiger partial charge in [-0.2, -0.15) is 5.10 Å². The summed E-state index contributed by atoms with van der Waals surface area (Å²) in [5, 5.41) is 4.52. The number of aryl methyl sites for hydroxylation is 2. The minimum absolute atomic E-state index is 0.116. The predicted octanol–water partition coefficient (Wildman–Crippen LogP) is 7.08. The van der Waals surface area contributed by atoms with E-state index in [1.54, 1.807) is 14.0 Å². The van der Waals surface area contributed by atoms with Crippen molar-refractivity contribution in [2.45, 2.75) is 6.92 Å².